The molecule has 0 saturated carbocycles. The molecule has 1 aromatic carbocycles. The lowest BCUT2D eigenvalue weighted by molar-refractivity contribution is 0.367. The minimum absolute atomic E-state index is 0.776. The zero-order chi connectivity index (χ0) is 11.7. The second-order valence-electron chi connectivity index (χ2n) is 4.09. The number of methoxy groups -OCH3 is 1. The van der Waals surface area contributed by atoms with Crippen LogP contribution in [-0.4, -0.2) is 18.8 Å². The summed E-state index contributed by atoms with van der Waals surface area (Å²) in [7, 11) is 1.67. The van der Waals surface area contributed by atoms with Crippen molar-refractivity contribution < 1.29 is 9.26 Å². The Labute approximate surface area is 99.6 Å². The van der Waals surface area contributed by atoms with Gasteiger partial charge in [0.25, 0.3) is 0 Å². The van der Waals surface area contributed by atoms with Crippen molar-refractivity contribution in [2.75, 3.05) is 13.7 Å². The molecule has 1 N–H and O–H groups in total. The van der Waals surface area contributed by atoms with E-state index < -0.39 is 0 Å². The van der Waals surface area contributed by atoms with Crippen LogP contribution < -0.4 is 10.1 Å². The number of aromatic nitrogens is 1. The molecule has 0 saturated heterocycles. The third kappa shape index (κ3) is 1.80. The summed E-state index contributed by atoms with van der Waals surface area (Å²) in [6.45, 7) is 1.76. The minimum Gasteiger partial charge on any atom is -0.497 e. The van der Waals surface area contributed by atoms with Crippen molar-refractivity contribution in [3.8, 4) is 17.0 Å². The normalized spacial score (nSPS) is 14.4. The van der Waals surface area contributed by atoms with Gasteiger partial charge < -0.3 is 14.6 Å². The van der Waals surface area contributed by atoms with Gasteiger partial charge in [0.1, 0.15) is 11.4 Å². The first-order valence-corrected chi connectivity index (χ1v) is 5.71. The number of nitrogens with one attached hydrogen (secondary N) is 1. The number of nitrogens with zero attached hydrogens (tertiary/aromatic N) is 1. The van der Waals surface area contributed by atoms with E-state index in [2.05, 4.69) is 10.5 Å². The standard InChI is InChI=1S/C13H14N2O2/c1-16-10-4-2-9(3-5-10)13-11-6-7-14-8-12(11)17-15-13/h2-5,14H,6-8H2,1H3. The Morgan fingerprint density at radius 2 is 2.12 bits per heavy atom. The number of hydrogen-bond acceptors (Lipinski definition) is 4. The fourth-order valence-corrected chi connectivity index (χ4v) is 2.13. The van der Waals surface area contributed by atoms with E-state index in [1.807, 2.05) is 24.3 Å². The Bertz CT molecular complexity index is 517. The van der Waals surface area contributed by atoms with Crippen LogP contribution in [0.4, 0.5) is 0 Å². The van der Waals surface area contributed by atoms with Gasteiger partial charge in [-0.1, -0.05) is 5.16 Å². The van der Waals surface area contributed by atoms with E-state index in [1.54, 1.807) is 7.11 Å². The van der Waals surface area contributed by atoms with Crippen LogP contribution in [0.3, 0.4) is 0 Å². The monoisotopic (exact) mass is 230 g/mol. The Morgan fingerprint density at radius 3 is 2.88 bits per heavy atom. The first-order valence-electron chi connectivity index (χ1n) is 5.71. The molecule has 0 bridgehead atoms. The van der Waals surface area contributed by atoms with Crippen molar-refractivity contribution in [2.24, 2.45) is 0 Å². The summed E-state index contributed by atoms with van der Waals surface area (Å²) in [4.78, 5) is 0. The number of rotatable bonds is 2. The highest BCUT2D eigenvalue weighted by molar-refractivity contribution is 5.64. The molecule has 0 atom stereocenters. The average molecular weight is 230 g/mol. The summed E-state index contributed by atoms with van der Waals surface area (Å²) < 4.78 is 10.5. The molecule has 0 aliphatic carbocycles. The molecule has 1 aliphatic heterocycles. The SMILES string of the molecule is COc1ccc(-c2noc3c2CCNC3)cc1. The molecule has 0 radical (unpaired) electrons. The molecule has 4 heteroatoms. The van der Waals surface area contributed by atoms with Crippen molar-refractivity contribution >= 4 is 0 Å². The smallest absolute Gasteiger partial charge is 0.154 e. The molecule has 0 amide bonds. The summed E-state index contributed by atoms with van der Waals surface area (Å²) in [5, 5.41) is 7.44. The van der Waals surface area contributed by atoms with Crippen LogP contribution in [0.5, 0.6) is 5.75 Å². The number of ether oxygens (including phenoxy) is 1. The highest BCUT2D eigenvalue weighted by atomic mass is 16.5. The van der Waals surface area contributed by atoms with Crippen molar-refractivity contribution in [1.82, 2.24) is 10.5 Å². The van der Waals surface area contributed by atoms with E-state index in [0.29, 0.717) is 0 Å². The van der Waals surface area contributed by atoms with Gasteiger partial charge in [0.2, 0.25) is 0 Å². The Balaban J connectivity index is 2.00. The van der Waals surface area contributed by atoms with E-state index in [-0.39, 0.29) is 0 Å². The second kappa shape index (κ2) is 4.22. The van der Waals surface area contributed by atoms with E-state index in [0.717, 1.165) is 42.3 Å². The number of fused-ring (bicyclic) bond motifs is 1. The Kier molecular flexibility index (Phi) is 2.57. The summed E-state index contributed by atoms with van der Waals surface area (Å²) in [5.74, 6) is 1.81. The van der Waals surface area contributed by atoms with E-state index >= 15 is 0 Å². The van der Waals surface area contributed by atoms with Gasteiger partial charge in [-0.15, -0.1) is 0 Å². The van der Waals surface area contributed by atoms with Crippen molar-refractivity contribution in [3.05, 3.63) is 35.6 Å². The molecular weight excluding hydrogens is 216 g/mol. The van der Waals surface area contributed by atoms with Gasteiger partial charge in [-0.25, -0.2) is 0 Å². The van der Waals surface area contributed by atoms with E-state index in [4.69, 9.17) is 9.26 Å². The Hall–Kier alpha value is -1.81. The molecule has 0 spiro atoms. The fraction of sp³-hybridized carbons (Fsp3) is 0.308. The number of hydrogen-bond donors (Lipinski definition) is 1. The van der Waals surface area contributed by atoms with Crippen LogP contribution in [0.1, 0.15) is 11.3 Å². The van der Waals surface area contributed by atoms with Crippen LogP contribution in [0.25, 0.3) is 11.3 Å². The first-order chi connectivity index (χ1) is 8.38. The van der Waals surface area contributed by atoms with Gasteiger partial charge in [0.15, 0.2) is 5.76 Å². The molecule has 4 nitrogen and oxygen atoms in total. The highest BCUT2D eigenvalue weighted by Crippen LogP contribution is 2.28. The minimum atomic E-state index is 0.776. The quantitative estimate of drug-likeness (QED) is 0.857. The lowest BCUT2D eigenvalue weighted by Gasteiger charge is -2.11. The van der Waals surface area contributed by atoms with Gasteiger partial charge in [-0.2, -0.15) is 0 Å². The zero-order valence-corrected chi connectivity index (χ0v) is 9.69. The van der Waals surface area contributed by atoms with Crippen molar-refractivity contribution in [2.45, 2.75) is 13.0 Å². The second-order valence-corrected chi connectivity index (χ2v) is 4.09. The maximum atomic E-state index is 5.35. The third-order valence-corrected chi connectivity index (χ3v) is 3.07. The predicted molar refractivity (Wildman–Crippen MR) is 63.9 cm³/mol. The summed E-state index contributed by atoms with van der Waals surface area (Å²) in [5.41, 5.74) is 3.27. The van der Waals surface area contributed by atoms with Crippen LogP contribution in [0.15, 0.2) is 28.8 Å². The fourth-order valence-electron chi connectivity index (χ4n) is 2.13. The average Bonchev–Trinajstić information content (AvgIpc) is 2.83. The molecule has 1 aliphatic rings. The summed E-state index contributed by atoms with van der Waals surface area (Å²) in [6, 6.07) is 7.91. The molecule has 0 unspecified atom stereocenters. The van der Waals surface area contributed by atoms with E-state index in [9.17, 15) is 0 Å². The largest absolute Gasteiger partial charge is 0.497 e. The summed E-state index contributed by atoms with van der Waals surface area (Å²) in [6.07, 6.45) is 0.972. The number of benzene rings is 1. The zero-order valence-electron chi connectivity index (χ0n) is 9.69. The van der Waals surface area contributed by atoms with Crippen molar-refractivity contribution in [3.63, 3.8) is 0 Å². The molecule has 3 rings (SSSR count). The molecule has 2 aromatic rings. The van der Waals surface area contributed by atoms with Crippen LogP contribution in [0.2, 0.25) is 0 Å². The van der Waals surface area contributed by atoms with E-state index in [1.165, 1.54) is 5.56 Å². The van der Waals surface area contributed by atoms with Crippen LogP contribution >= 0.6 is 0 Å². The van der Waals surface area contributed by atoms with Gasteiger partial charge >= 0.3 is 0 Å². The topological polar surface area (TPSA) is 47.3 Å². The van der Waals surface area contributed by atoms with Crippen molar-refractivity contribution in [1.29, 1.82) is 0 Å². The first kappa shape index (κ1) is 10.4. The lowest BCUT2D eigenvalue weighted by Crippen LogP contribution is -2.22. The van der Waals surface area contributed by atoms with Crippen LogP contribution in [0, 0.1) is 0 Å². The Morgan fingerprint density at radius 1 is 1.29 bits per heavy atom. The highest BCUT2D eigenvalue weighted by Gasteiger charge is 2.19. The van der Waals surface area contributed by atoms with Gasteiger partial charge in [-0.05, 0) is 37.2 Å². The molecular formula is C13H14N2O2. The molecule has 1 aromatic heterocycles. The molecule has 88 valence electrons. The molecule has 2 heterocycles. The van der Waals surface area contributed by atoms with Crippen LogP contribution in [-0.2, 0) is 13.0 Å². The maximum Gasteiger partial charge on any atom is 0.154 e. The van der Waals surface area contributed by atoms with Gasteiger partial charge in [0, 0.05) is 11.1 Å². The van der Waals surface area contributed by atoms with Gasteiger partial charge in [0.05, 0.1) is 13.7 Å². The summed E-state index contributed by atoms with van der Waals surface area (Å²) >= 11 is 0. The third-order valence-electron chi connectivity index (χ3n) is 3.07. The maximum absolute atomic E-state index is 5.35. The molecule has 0 fully saturated rings. The molecule has 17 heavy (non-hydrogen) atoms. The predicted octanol–water partition coefficient (Wildman–Crippen LogP) is 2.00. The lowest BCUT2D eigenvalue weighted by atomic mass is 10.0. The van der Waals surface area contributed by atoms with Gasteiger partial charge in [-0.3, -0.25) is 0 Å².